The molecule has 4 rings (SSSR count). The summed E-state index contributed by atoms with van der Waals surface area (Å²) >= 11 is 1.70. The molecule has 0 saturated carbocycles. The zero-order chi connectivity index (χ0) is 20.9. The third-order valence-corrected chi connectivity index (χ3v) is 6.63. The van der Waals surface area contributed by atoms with Crippen LogP contribution in [0.5, 0.6) is 0 Å². The molecule has 6 nitrogen and oxygen atoms in total. The number of para-hydroxylation sites is 1. The Morgan fingerprint density at radius 1 is 1.20 bits per heavy atom. The molecule has 2 atom stereocenters. The minimum absolute atomic E-state index is 0.215. The number of piperidine rings is 1. The van der Waals surface area contributed by atoms with E-state index in [2.05, 4.69) is 11.4 Å². The maximum atomic E-state index is 13.0. The average molecular weight is 424 g/mol. The number of thiazole rings is 1. The van der Waals surface area contributed by atoms with E-state index >= 15 is 0 Å². The molecule has 2 heterocycles. The molecule has 30 heavy (non-hydrogen) atoms. The van der Waals surface area contributed by atoms with Crippen LogP contribution in [0.25, 0.3) is 10.2 Å². The zero-order valence-corrected chi connectivity index (χ0v) is 17.7. The Balaban J connectivity index is 1.44. The van der Waals surface area contributed by atoms with Crippen molar-refractivity contribution in [1.82, 2.24) is 15.2 Å². The number of likely N-dealkylation sites (tertiary alicyclic amines) is 1. The first-order chi connectivity index (χ1) is 14.6. The predicted octanol–water partition coefficient (Wildman–Crippen LogP) is 3.97. The highest BCUT2D eigenvalue weighted by atomic mass is 32.1. The number of methoxy groups -OCH3 is 1. The second-order valence-electron chi connectivity index (χ2n) is 7.52. The third kappa shape index (κ3) is 4.62. The monoisotopic (exact) mass is 423 g/mol. The molecule has 0 radical (unpaired) electrons. The Morgan fingerprint density at radius 3 is 2.73 bits per heavy atom. The predicted molar refractivity (Wildman–Crippen MR) is 118 cm³/mol. The zero-order valence-electron chi connectivity index (χ0n) is 16.9. The van der Waals surface area contributed by atoms with E-state index in [0.29, 0.717) is 19.5 Å². The molecule has 1 N–H and O–H groups in total. The van der Waals surface area contributed by atoms with Gasteiger partial charge in [0.05, 0.1) is 22.3 Å². The standard InChI is InChI=1S/C23H25N3O3S/c1-29-22(27)19(14-16-8-3-2-4-9-16)25-23(28)26-13-7-10-17(15-26)21-24-18-11-5-6-12-20(18)30-21/h2-6,8-9,11-12,17,19H,7,10,13-15H2,1H3,(H,25,28)/t17-,19+/m1/s1. The van der Waals surface area contributed by atoms with E-state index in [1.165, 1.54) is 11.8 Å². The molecule has 7 heteroatoms. The summed E-state index contributed by atoms with van der Waals surface area (Å²) in [5.41, 5.74) is 1.98. The first-order valence-corrected chi connectivity index (χ1v) is 11.0. The summed E-state index contributed by atoms with van der Waals surface area (Å²) in [5, 5.41) is 3.95. The molecule has 1 saturated heterocycles. The lowest BCUT2D eigenvalue weighted by Crippen LogP contribution is -2.51. The number of nitrogens with zero attached hydrogens (tertiary/aromatic N) is 2. The van der Waals surface area contributed by atoms with Gasteiger partial charge < -0.3 is 15.0 Å². The van der Waals surface area contributed by atoms with Gasteiger partial charge >= 0.3 is 12.0 Å². The normalized spacial score (nSPS) is 17.5. The van der Waals surface area contributed by atoms with E-state index in [1.807, 2.05) is 48.5 Å². The van der Waals surface area contributed by atoms with Gasteiger partial charge in [0.15, 0.2) is 0 Å². The van der Waals surface area contributed by atoms with Crippen LogP contribution in [0.4, 0.5) is 4.79 Å². The van der Waals surface area contributed by atoms with Crippen molar-refractivity contribution in [3.05, 3.63) is 65.2 Å². The summed E-state index contributed by atoms with van der Waals surface area (Å²) < 4.78 is 6.09. The summed E-state index contributed by atoms with van der Waals surface area (Å²) in [5.74, 6) is -0.223. The van der Waals surface area contributed by atoms with E-state index in [-0.39, 0.29) is 11.9 Å². The molecule has 1 aliphatic heterocycles. The Bertz CT molecular complexity index is 988. The van der Waals surface area contributed by atoms with Gasteiger partial charge in [-0.2, -0.15) is 0 Å². The van der Waals surface area contributed by atoms with Crippen molar-refractivity contribution in [3.63, 3.8) is 0 Å². The van der Waals surface area contributed by atoms with Crippen LogP contribution in [0, 0.1) is 0 Å². The van der Waals surface area contributed by atoms with Crippen LogP contribution in [0.3, 0.4) is 0 Å². The van der Waals surface area contributed by atoms with Crippen LogP contribution in [0.1, 0.15) is 29.3 Å². The van der Waals surface area contributed by atoms with E-state index in [0.717, 1.165) is 28.9 Å². The number of fused-ring (bicyclic) bond motifs is 1. The fourth-order valence-electron chi connectivity index (χ4n) is 3.85. The van der Waals surface area contributed by atoms with Crippen LogP contribution in [0.15, 0.2) is 54.6 Å². The van der Waals surface area contributed by atoms with Crippen molar-refractivity contribution in [2.24, 2.45) is 0 Å². The van der Waals surface area contributed by atoms with Gasteiger partial charge in [0.25, 0.3) is 0 Å². The van der Waals surface area contributed by atoms with Gasteiger partial charge in [-0.25, -0.2) is 14.6 Å². The molecule has 0 aliphatic carbocycles. The molecule has 0 unspecified atom stereocenters. The summed E-state index contributed by atoms with van der Waals surface area (Å²) in [6, 6.07) is 16.8. The van der Waals surface area contributed by atoms with Gasteiger partial charge in [-0.05, 0) is 30.5 Å². The number of hydrogen-bond acceptors (Lipinski definition) is 5. The highest BCUT2D eigenvalue weighted by molar-refractivity contribution is 7.18. The molecule has 2 amide bonds. The van der Waals surface area contributed by atoms with Gasteiger partial charge in [-0.1, -0.05) is 42.5 Å². The average Bonchev–Trinajstić information content (AvgIpc) is 3.23. The highest BCUT2D eigenvalue weighted by Gasteiger charge is 2.30. The number of amides is 2. The second kappa shape index (κ2) is 9.26. The minimum atomic E-state index is -0.715. The quantitative estimate of drug-likeness (QED) is 0.631. The lowest BCUT2D eigenvalue weighted by atomic mass is 9.99. The Kier molecular flexibility index (Phi) is 6.28. The summed E-state index contributed by atoms with van der Waals surface area (Å²) in [7, 11) is 1.34. The van der Waals surface area contributed by atoms with Crippen molar-refractivity contribution in [1.29, 1.82) is 0 Å². The van der Waals surface area contributed by atoms with E-state index in [1.54, 1.807) is 16.2 Å². The van der Waals surface area contributed by atoms with Crippen molar-refractivity contribution in [3.8, 4) is 0 Å². The van der Waals surface area contributed by atoms with Gasteiger partial charge in [0.1, 0.15) is 6.04 Å². The van der Waals surface area contributed by atoms with Crippen molar-refractivity contribution in [2.75, 3.05) is 20.2 Å². The fraction of sp³-hybridized carbons (Fsp3) is 0.348. The minimum Gasteiger partial charge on any atom is -0.467 e. The second-order valence-corrected chi connectivity index (χ2v) is 8.58. The fourth-order valence-corrected chi connectivity index (χ4v) is 4.95. The van der Waals surface area contributed by atoms with E-state index < -0.39 is 12.0 Å². The molecule has 3 aromatic rings. The van der Waals surface area contributed by atoms with Gasteiger partial charge in [-0.15, -0.1) is 11.3 Å². The summed E-state index contributed by atoms with van der Waals surface area (Å²) in [4.78, 5) is 31.8. The van der Waals surface area contributed by atoms with E-state index in [4.69, 9.17) is 9.72 Å². The van der Waals surface area contributed by atoms with Crippen molar-refractivity contribution in [2.45, 2.75) is 31.2 Å². The van der Waals surface area contributed by atoms with Crippen LogP contribution >= 0.6 is 11.3 Å². The summed E-state index contributed by atoms with van der Waals surface area (Å²) in [6.07, 6.45) is 2.32. The molecule has 0 bridgehead atoms. The van der Waals surface area contributed by atoms with Crippen LogP contribution in [-0.2, 0) is 16.0 Å². The maximum absolute atomic E-state index is 13.0. The van der Waals surface area contributed by atoms with Crippen LogP contribution < -0.4 is 5.32 Å². The highest BCUT2D eigenvalue weighted by Crippen LogP contribution is 2.32. The Morgan fingerprint density at radius 2 is 1.97 bits per heavy atom. The van der Waals surface area contributed by atoms with Crippen molar-refractivity contribution >= 4 is 33.6 Å². The number of ether oxygens (including phenoxy) is 1. The molecular weight excluding hydrogens is 398 g/mol. The first kappa shape index (κ1) is 20.3. The Labute approximate surface area is 179 Å². The molecule has 1 fully saturated rings. The maximum Gasteiger partial charge on any atom is 0.328 e. The molecular formula is C23H25N3O3S. The van der Waals surface area contributed by atoms with Crippen LogP contribution in [0.2, 0.25) is 0 Å². The number of carbonyl (C=O) groups is 2. The number of esters is 1. The number of rotatable bonds is 5. The lowest BCUT2D eigenvalue weighted by molar-refractivity contribution is -0.142. The summed E-state index contributed by atoms with van der Waals surface area (Å²) in [6.45, 7) is 1.28. The topological polar surface area (TPSA) is 71.5 Å². The van der Waals surface area contributed by atoms with E-state index in [9.17, 15) is 9.59 Å². The van der Waals surface area contributed by atoms with Gasteiger partial charge in [0, 0.05) is 25.4 Å². The molecule has 156 valence electrons. The lowest BCUT2D eigenvalue weighted by Gasteiger charge is -2.32. The van der Waals surface area contributed by atoms with Gasteiger partial charge in [-0.3, -0.25) is 0 Å². The first-order valence-electron chi connectivity index (χ1n) is 10.2. The number of hydrogen-bond donors (Lipinski definition) is 1. The molecule has 1 aliphatic rings. The SMILES string of the molecule is COC(=O)[C@H](Cc1ccccc1)NC(=O)N1CCC[C@@H](c2nc3ccccc3s2)C1. The number of urea groups is 1. The van der Waals surface area contributed by atoms with Crippen molar-refractivity contribution < 1.29 is 14.3 Å². The number of carbonyl (C=O) groups excluding carboxylic acids is 2. The molecule has 0 spiro atoms. The third-order valence-electron chi connectivity index (χ3n) is 5.43. The Hall–Kier alpha value is -2.93. The van der Waals surface area contributed by atoms with Gasteiger partial charge in [0.2, 0.25) is 0 Å². The van der Waals surface area contributed by atoms with Crippen LogP contribution in [-0.4, -0.2) is 48.1 Å². The number of aromatic nitrogens is 1. The number of benzene rings is 2. The molecule has 2 aromatic carbocycles. The number of nitrogens with one attached hydrogen (secondary N) is 1. The smallest absolute Gasteiger partial charge is 0.328 e. The largest absolute Gasteiger partial charge is 0.467 e. The molecule has 1 aromatic heterocycles.